The predicted octanol–water partition coefficient (Wildman–Crippen LogP) is 2.29. The summed E-state index contributed by atoms with van der Waals surface area (Å²) in [5, 5.41) is 12.4. The smallest absolute Gasteiger partial charge is 0.0767 e. The Hall–Kier alpha value is -1.14. The molecule has 2 aromatic rings. The van der Waals surface area contributed by atoms with E-state index >= 15 is 0 Å². The van der Waals surface area contributed by atoms with Gasteiger partial charge in [0.1, 0.15) is 0 Å². The van der Waals surface area contributed by atoms with Crippen LogP contribution in [0.5, 0.6) is 0 Å². The standard InChI is InChI=1S/C14H22BrN5/c1-4-12-14(15)13(20(5-2)18-12)10-16-8-6-11-7-9-19(3)17-11/h7,9,16H,4-6,8,10H2,1-3H3. The number of aryl methyl sites for hydroxylation is 3. The summed E-state index contributed by atoms with van der Waals surface area (Å²) >= 11 is 3.66. The van der Waals surface area contributed by atoms with Gasteiger partial charge in [0.15, 0.2) is 0 Å². The highest BCUT2D eigenvalue weighted by Crippen LogP contribution is 2.22. The molecule has 0 aliphatic rings. The Bertz CT molecular complexity index is 558. The average Bonchev–Trinajstić information content (AvgIpc) is 2.99. The molecule has 20 heavy (non-hydrogen) atoms. The molecule has 0 unspecified atom stereocenters. The van der Waals surface area contributed by atoms with Gasteiger partial charge in [-0.15, -0.1) is 0 Å². The third-order valence-electron chi connectivity index (χ3n) is 3.31. The summed E-state index contributed by atoms with van der Waals surface area (Å²) in [6, 6.07) is 2.06. The fourth-order valence-corrected chi connectivity index (χ4v) is 2.91. The minimum atomic E-state index is 0.828. The summed E-state index contributed by atoms with van der Waals surface area (Å²) in [6.45, 7) is 6.89. The highest BCUT2D eigenvalue weighted by Gasteiger charge is 2.13. The van der Waals surface area contributed by atoms with E-state index in [1.807, 2.05) is 17.9 Å². The van der Waals surface area contributed by atoms with Crippen LogP contribution in [0.3, 0.4) is 0 Å². The van der Waals surface area contributed by atoms with Gasteiger partial charge in [0.25, 0.3) is 0 Å². The molecule has 0 aromatic carbocycles. The summed E-state index contributed by atoms with van der Waals surface area (Å²) in [6.07, 6.45) is 3.87. The second kappa shape index (κ2) is 7.04. The maximum atomic E-state index is 4.60. The molecule has 0 amide bonds. The molecule has 1 N–H and O–H groups in total. The third kappa shape index (κ3) is 3.49. The maximum absolute atomic E-state index is 4.60. The number of nitrogens with one attached hydrogen (secondary N) is 1. The minimum absolute atomic E-state index is 0.828. The van der Waals surface area contributed by atoms with Crippen LogP contribution in [0.15, 0.2) is 16.7 Å². The Morgan fingerprint density at radius 1 is 1.30 bits per heavy atom. The first-order valence-corrected chi connectivity index (χ1v) is 7.88. The number of aromatic nitrogens is 4. The first kappa shape index (κ1) is 15.3. The van der Waals surface area contributed by atoms with Crippen LogP contribution in [0.2, 0.25) is 0 Å². The fourth-order valence-electron chi connectivity index (χ4n) is 2.21. The zero-order valence-corrected chi connectivity index (χ0v) is 13.9. The van der Waals surface area contributed by atoms with Crippen LogP contribution in [-0.4, -0.2) is 26.1 Å². The molecule has 6 heteroatoms. The Kier molecular flexibility index (Phi) is 5.37. The van der Waals surface area contributed by atoms with Crippen molar-refractivity contribution in [3.05, 3.63) is 33.8 Å². The summed E-state index contributed by atoms with van der Waals surface area (Å²) in [5.41, 5.74) is 3.48. The molecule has 0 bridgehead atoms. The van der Waals surface area contributed by atoms with Crippen LogP contribution in [-0.2, 0) is 33.0 Å². The summed E-state index contributed by atoms with van der Waals surface area (Å²) in [4.78, 5) is 0. The summed E-state index contributed by atoms with van der Waals surface area (Å²) in [5.74, 6) is 0. The van der Waals surface area contributed by atoms with Gasteiger partial charge in [0, 0.05) is 39.3 Å². The van der Waals surface area contributed by atoms with E-state index in [-0.39, 0.29) is 0 Å². The van der Waals surface area contributed by atoms with Crippen molar-refractivity contribution >= 4 is 15.9 Å². The van der Waals surface area contributed by atoms with Crippen molar-refractivity contribution < 1.29 is 0 Å². The zero-order chi connectivity index (χ0) is 14.5. The molecule has 0 radical (unpaired) electrons. The third-order valence-corrected chi connectivity index (χ3v) is 4.23. The van der Waals surface area contributed by atoms with Crippen molar-refractivity contribution in [2.24, 2.45) is 7.05 Å². The fraction of sp³-hybridized carbons (Fsp3) is 0.571. The van der Waals surface area contributed by atoms with Crippen LogP contribution in [0, 0.1) is 0 Å². The lowest BCUT2D eigenvalue weighted by Gasteiger charge is -2.07. The monoisotopic (exact) mass is 339 g/mol. The predicted molar refractivity (Wildman–Crippen MR) is 83.6 cm³/mol. The van der Waals surface area contributed by atoms with Gasteiger partial charge in [-0.3, -0.25) is 9.36 Å². The van der Waals surface area contributed by atoms with E-state index in [0.717, 1.165) is 48.3 Å². The van der Waals surface area contributed by atoms with Crippen molar-refractivity contribution in [2.75, 3.05) is 6.54 Å². The van der Waals surface area contributed by atoms with Crippen molar-refractivity contribution in [1.29, 1.82) is 0 Å². The Morgan fingerprint density at radius 3 is 2.70 bits per heavy atom. The first-order chi connectivity index (χ1) is 9.65. The molecular formula is C14H22BrN5. The van der Waals surface area contributed by atoms with Crippen molar-refractivity contribution in [1.82, 2.24) is 24.9 Å². The molecule has 2 heterocycles. The highest BCUT2D eigenvalue weighted by atomic mass is 79.9. The number of halogens is 1. The molecule has 0 saturated carbocycles. The molecule has 0 aliphatic heterocycles. The number of nitrogens with zero attached hydrogens (tertiary/aromatic N) is 4. The average molecular weight is 340 g/mol. The molecule has 0 aliphatic carbocycles. The Morgan fingerprint density at radius 2 is 2.10 bits per heavy atom. The van der Waals surface area contributed by atoms with E-state index in [1.54, 1.807) is 0 Å². The van der Waals surface area contributed by atoms with E-state index in [2.05, 4.69) is 56.0 Å². The second-order valence-corrected chi connectivity index (χ2v) is 5.58. The van der Waals surface area contributed by atoms with Crippen LogP contribution < -0.4 is 5.32 Å². The normalized spacial score (nSPS) is 11.2. The van der Waals surface area contributed by atoms with Gasteiger partial charge in [-0.05, 0) is 35.3 Å². The van der Waals surface area contributed by atoms with E-state index < -0.39 is 0 Å². The maximum Gasteiger partial charge on any atom is 0.0767 e. The second-order valence-electron chi connectivity index (χ2n) is 4.78. The van der Waals surface area contributed by atoms with Gasteiger partial charge in [-0.25, -0.2) is 0 Å². The van der Waals surface area contributed by atoms with Crippen molar-refractivity contribution in [3.8, 4) is 0 Å². The van der Waals surface area contributed by atoms with E-state index in [0.29, 0.717) is 0 Å². The highest BCUT2D eigenvalue weighted by molar-refractivity contribution is 9.10. The van der Waals surface area contributed by atoms with Gasteiger partial charge >= 0.3 is 0 Å². The van der Waals surface area contributed by atoms with Gasteiger partial charge in [0.05, 0.1) is 21.6 Å². The summed E-state index contributed by atoms with van der Waals surface area (Å²) < 4.78 is 5.05. The molecule has 0 saturated heterocycles. The lowest BCUT2D eigenvalue weighted by Crippen LogP contribution is -2.19. The molecule has 110 valence electrons. The quantitative estimate of drug-likeness (QED) is 0.787. The van der Waals surface area contributed by atoms with Crippen molar-refractivity contribution in [3.63, 3.8) is 0 Å². The van der Waals surface area contributed by atoms with Gasteiger partial charge in [-0.2, -0.15) is 10.2 Å². The molecule has 5 nitrogen and oxygen atoms in total. The van der Waals surface area contributed by atoms with Crippen molar-refractivity contribution in [2.45, 2.75) is 39.8 Å². The molecule has 0 fully saturated rings. The SMILES string of the molecule is CCc1nn(CC)c(CNCCc2ccn(C)n2)c1Br. The van der Waals surface area contributed by atoms with E-state index in [9.17, 15) is 0 Å². The lowest BCUT2D eigenvalue weighted by atomic mass is 10.3. The number of rotatable bonds is 7. The first-order valence-electron chi connectivity index (χ1n) is 7.09. The molecule has 2 rings (SSSR count). The van der Waals surface area contributed by atoms with Gasteiger partial charge < -0.3 is 5.32 Å². The Labute approximate surface area is 128 Å². The summed E-state index contributed by atoms with van der Waals surface area (Å²) in [7, 11) is 1.94. The lowest BCUT2D eigenvalue weighted by molar-refractivity contribution is 0.575. The van der Waals surface area contributed by atoms with Crippen LogP contribution >= 0.6 is 15.9 Å². The van der Waals surface area contributed by atoms with Crippen LogP contribution in [0.4, 0.5) is 0 Å². The van der Waals surface area contributed by atoms with E-state index in [1.165, 1.54) is 5.69 Å². The minimum Gasteiger partial charge on any atom is -0.311 e. The molecule has 0 atom stereocenters. The van der Waals surface area contributed by atoms with Gasteiger partial charge in [-0.1, -0.05) is 6.92 Å². The topological polar surface area (TPSA) is 47.7 Å². The van der Waals surface area contributed by atoms with Crippen LogP contribution in [0.1, 0.15) is 30.9 Å². The van der Waals surface area contributed by atoms with Crippen LogP contribution in [0.25, 0.3) is 0 Å². The molecule has 2 aromatic heterocycles. The molecule has 0 spiro atoms. The number of hydrogen-bond donors (Lipinski definition) is 1. The Balaban J connectivity index is 1.89. The van der Waals surface area contributed by atoms with Gasteiger partial charge in [0.2, 0.25) is 0 Å². The molecular weight excluding hydrogens is 318 g/mol. The number of hydrogen-bond acceptors (Lipinski definition) is 3. The largest absolute Gasteiger partial charge is 0.311 e. The van der Waals surface area contributed by atoms with E-state index in [4.69, 9.17) is 0 Å². The zero-order valence-electron chi connectivity index (χ0n) is 12.4.